The van der Waals surface area contributed by atoms with Crippen molar-refractivity contribution in [3.05, 3.63) is 21.4 Å². The number of hydrogen-bond donors (Lipinski definition) is 0. The fourth-order valence-electron chi connectivity index (χ4n) is 1.44. The van der Waals surface area contributed by atoms with E-state index in [4.69, 9.17) is 0 Å². The van der Waals surface area contributed by atoms with Gasteiger partial charge in [-0.1, -0.05) is 27.7 Å². The van der Waals surface area contributed by atoms with Crippen LogP contribution in [0.25, 0.3) is 0 Å². The summed E-state index contributed by atoms with van der Waals surface area (Å²) in [7, 11) is 0. The van der Waals surface area contributed by atoms with E-state index < -0.39 is 0 Å². The second-order valence-electron chi connectivity index (χ2n) is 3.45. The Labute approximate surface area is 79.6 Å². The van der Waals surface area contributed by atoms with E-state index >= 15 is 0 Å². The largest absolute Gasteiger partial charge is 0.145 e. The maximum atomic E-state index is 2.38. The van der Waals surface area contributed by atoms with E-state index in [0.29, 0.717) is 5.92 Å². The van der Waals surface area contributed by atoms with Gasteiger partial charge >= 0.3 is 0 Å². The molecule has 68 valence electrons. The number of thiophene rings is 1. The Morgan fingerprint density at radius 1 is 1.25 bits per heavy atom. The molecular weight excluding hydrogens is 164 g/mol. The molecule has 0 nitrogen and oxygen atoms in total. The first-order chi connectivity index (χ1) is 5.69. The van der Waals surface area contributed by atoms with Crippen molar-refractivity contribution >= 4 is 11.3 Å². The molecule has 12 heavy (non-hydrogen) atoms. The first-order valence-electron chi connectivity index (χ1n) is 4.80. The first kappa shape index (κ1) is 9.79. The SMILES string of the molecule is CCc1cc(C(C)C)c(CC)s1. The van der Waals surface area contributed by atoms with Gasteiger partial charge in [0.2, 0.25) is 0 Å². The summed E-state index contributed by atoms with van der Waals surface area (Å²) in [5.74, 6) is 0.691. The predicted octanol–water partition coefficient (Wildman–Crippen LogP) is 4.00. The Bertz CT molecular complexity index is 246. The zero-order valence-electron chi connectivity index (χ0n) is 8.48. The van der Waals surface area contributed by atoms with E-state index in [1.54, 1.807) is 10.4 Å². The van der Waals surface area contributed by atoms with Crippen LogP contribution >= 0.6 is 11.3 Å². The molecule has 0 atom stereocenters. The van der Waals surface area contributed by atoms with Crippen molar-refractivity contribution in [2.45, 2.75) is 46.5 Å². The molecule has 0 aromatic carbocycles. The maximum Gasteiger partial charge on any atom is 0.00800 e. The van der Waals surface area contributed by atoms with E-state index in [9.17, 15) is 0 Å². The van der Waals surface area contributed by atoms with Gasteiger partial charge in [-0.3, -0.25) is 0 Å². The fourth-order valence-corrected chi connectivity index (χ4v) is 2.64. The standard InChI is InChI=1S/C11H18S/c1-5-9-7-10(8(3)4)11(6-2)12-9/h7-8H,5-6H2,1-4H3. The highest BCUT2D eigenvalue weighted by Gasteiger charge is 2.08. The van der Waals surface area contributed by atoms with Crippen molar-refractivity contribution in [1.82, 2.24) is 0 Å². The van der Waals surface area contributed by atoms with E-state index in [1.807, 2.05) is 11.3 Å². The normalized spacial score (nSPS) is 11.1. The van der Waals surface area contributed by atoms with Crippen molar-refractivity contribution in [2.24, 2.45) is 0 Å². The molecule has 0 aliphatic carbocycles. The van der Waals surface area contributed by atoms with Crippen LogP contribution in [0, 0.1) is 0 Å². The molecule has 1 rings (SSSR count). The summed E-state index contributed by atoms with van der Waals surface area (Å²) in [4.78, 5) is 3.12. The molecule has 1 heterocycles. The Balaban J connectivity index is 3.00. The topological polar surface area (TPSA) is 0 Å². The number of rotatable bonds is 3. The molecule has 0 radical (unpaired) electrons. The van der Waals surface area contributed by atoms with Crippen molar-refractivity contribution < 1.29 is 0 Å². The summed E-state index contributed by atoms with van der Waals surface area (Å²) < 4.78 is 0. The van der Waals surface area contributed by atoms with Crippen molar-refractivity contribution in [3.8, 4) is 0 Å². The van der Waals surface area contributed by atoms with Crippen LogP contribution in [0.5, 0.6) is 0 Å². The smallest absolute Gasteiger partial charge is 0.00800 e. The van der Waals surface area contributed by atoms with Gasteiger partial charge in [-0.05, 0) is 30.4 Å². The predicted molar refractivity (Wildman–Crippen MR) is 57.2 cm³/mol. The van der Waals surface area contributed by atoms with Crippen LogP contribution in [-0.2, 0) is 12.8 Å². The van der Waals surface area contributed by atoms with Crippen LogP contribution in [0.15, 0.2) is 6.07 Å². The lowest BCUT2D eigenvalue weighted by Crippen LogP contribution is -1.88. The maximum absolute atomic E-state index is 2.38. The van der Waals surface area contributed by atoms with Gasteiger partial charge in [0.15, 0.2) is 0 Å². The summed E-state index contributed by atoms with van der Waals surface area (Å²) in [6.07, 6.45) is 2.38. The van der Waals surface area contributed by atoms with Gasteiger partial charge < -0.3 is 0 Å². The van der Waals surface area contributed by atoms with Gasteiger partial charge in [0.05, 0.1) is 0 Å². The highest BCUT2D eigenvalue weighted by Crippen LogP contribution is 2.29. The van der Waals surface area contributed by atoms with Gasteiger partial charge in [0.1, 0.15) is 0 Å². The highest BCUT2D eigenvalue weighted by molar-refractivity contribution is 7.12. The van der Waals surface area contributed by atoms with Crippen LogP contribution in [0.3, 0.4) is 0 Å². The lowest BCUT2D eigenvalue weighted by molar-refractivity contribution is 0.854. The van der Waals surface area contributed by atoms with Gasteiger partial charge in [0, 0.05) is 9.75 Å². The summed E-state index contributed by atoms with van der Waals surface area (Å²) in [5.41, 5.74) is 1.57. The minimum absolute atomic E-state index is 0.691. The lowest BCUT2D eigenvalue weighted by atomic mass is 10.0. The summed E-state index contributed by atoms with van der Waals surface area (Å²) >= 11 is 1.99. The third-order valence-electron chi connectivity index (χ3n) is 2.18. The Hall–Kier alpha value is -0.300. The van der Waals surface area contributed by atoms with Crippen molar-refractivity contribution in [2.75, 3.05) is 0 Å². The summed E-state index contributed by atoms with van der Waals surface area (Å²) in [6.45, 7) is 9.04. The van der Waals surface area contributed by atoms with Crippen LogP contribution in [0.4, 0.5) is 0 Å². The molecule has 0 unspecified atom stereocenters. The minimum atomic E-state index is 0.691. The number of aryl methyl sites for hydroxylation is 2. The third-order valence-corrected chi connectivity index (χ3v) is 3.62. The van der Waals surface area contributed by atoms with Crippen LogP contribution < -0.4 is 0 Å². The molecule has 0 N–H and O–H groups in total. The zero-order chi connectivity index (χ0) is 9.14. The summed E-state index contributed by atoms with van der Waals surface area (Å²) in [6, 6.07) is 2.38. The average Bonchev–Trinajstić information content (AvgIpc) is 2.47. The number of hydrogen-bond acceptors (Lipinski definition) is 1. The van der Waals surface area contributed by atoms with Crippen molar-refractivity contribution in [3.63, 3.8) is 0 Å². The van der Waals surface area contributed by atoms with Gasteiger partial charge in [-0.25, -0.2) is 0 Å². The molecular formula is C11H18S. The highest BCUT2D eigenvalue weighted by atomic mass is 32.1. The minimum Gasteiger partial charge on any atom is -0.145 e. The molecule has 0 saturated heterocycles. The zero-order valence-corrected chi connectivity index (χ0v) is 9.29. The Morgan fingerprint density at radius 2 is 1.92 bits per heavy atom. The molecule has 0 aliphatic rings. The van der Waals surface area contributed by atoms with E-state index in [0.717, 1.165) is 0 Å². The Morgan fingerprint density at radius 3 is 2.25 bits per heavy atom. The molecule has 0 bridgehead atoms. The fraction of sp³-hybridized carbons (Fsp3) is 0.636. The van der Waals surface area contributed by atoms with Crippen LogP contribution in [-0.4, -0.2) is 0 Å². The van der Waals surface area contributed by atoms with Crippen LogP contribution in [0.2, 0.25) is 0 Å². The first-order valence-corrected chi connectivity index (χ1v) is 5.62. The van der Waals surface area contributed by atoms with Crippen molar-refractivity contribution in [1.29, 1.82) is 0 Å². The monoisotopic (exact) mass is 182 g/mol. The molecule has 0 amide bonds. The molecule has 0 spiro atoms. The lowest BCUT2D eigenvalue weighted by Gasteiger charge is -2.03. The summed E-state index contributed by atoms with van der Waals surface area (Å²) in [5, 5.41) is 0. The Kier molecular flexibility index (Phi) is 3.33. The van der Waals surface area contributed by atoms with E-state index in [1.165, 1.54) is 17.7 Å². The molecule has 1 aromatic rings. The van der Waals surface area contributed by atoms with Gasteiger partial charge in [0.25, 0.3) is 0 Å². The van der Waals surface area contributed by atoms with E-state index in [-0.39, 0.29) is 0 Å². The van der Waals surface area contributed by atoms with Gasteiger partial charge in [-0.2, -0.15) is 0 Å². The second kappa shape index (κ2) is 4.08. The van der Waals surface area contributed by atoms with Crippen LogP contribution in [0.1, 0.15) is 48.9 Å². The second-order valence-corrected chi connectivity index (χ2v) is 4.67. The molecule has 1 aromatic heterocycles. The van der Waals surface area contributed by atoms with E-state index in [2.05, 4.69) is 33.8 Å². The molecule has 0 fully saturated rings. The quantitative estimate of drug-likeness (QED) is 0.663. The molecule has 0 aliphatic heterocycles. The molecule has 1 heteroatoms. The third kappa shape index (κ3) is 1.89. The molecule has 0 saturated carbocycles. The average molecular weight is 182 g/mol. The van der Waals surface area contributed by atoms with Gasteiger partial charge in [-0.15, -0.1) is 11.3 Å².